The van der Waals surface area contributed by atoms with Crippen molar-refractivity contribution in [2.75, 3.05) is 17.4 Å². The van der Waals surface area contributed by atoms with Crippen molar-refractivity contribution in [1.29, 1.82) is 0 Å². The number of hydrogen-bond donors (Lipinski definition) is 0. The molecule has 3 aromatic carbocycles. The SMILES string of the molecule is Cc1ccccc1S(=O)(=O)N(c1ccccc1)C1CCN(C2CCCCC2c2ccccc2)CC1. The number of anilines is 1. The van der Waals surface area contributed by atoms with Crippen LogP contribution >= 0.6 is 0 Å². The molecule has 35 heavy (non-hydrogen) atoms. The van der Waals surface area contributed by atoms with E-state index in [0.29, 0.717) is 16.9 Å². The summed E-state index contributed by atoms with van der Waals surface area (Å²) in [6.45, 7) is 3.75. The Morgan fingerprint density at radius 2 is 1.34 bits per heavy atom. The van der Waals surface area contributed by atoms with E-state index >= 15 is 0 Å². The Morgan fingerprint density at radius 3 is 2.03 bits per heavy atom. The third-order valence-electron chi connectivity index (χ3n) is 7.90. The average Bonchev–Trinajstić information content (AvgIpc) is 2.90. The average molecular weight is 489 g/mol. The van der Waals surface area contributed by atoms with Gasteiger partial charge in [0.1, 0.15) is 0 Å². The predicted molar refractivity (Wildman–Crippen MR) is 143 cm³/mol. The Kier molecular flexibility index (Phi) is 7.26. The molecule has 0 aromatic heterocycles. The third-order valence-corrected chi connectivity index (χ3v) is 9.94. The summed E-state index contributed by atoms with van der Waals surface area (Å²) in [6, 6.07) is 28.4. The lowest BCUT2D eigenvalue weighted by Gasteiger charge is -2.45. The summed E-state index contributed by atoms with van der Waals surface area (Å²) >= 11 is 0. The second kappa shape index (κ2) is 10.5. The van der Waals surface area contributed by atoms with Gasteiger partial charge in [-0.25, -0.2) is 8.42 Å². The van der Waals surface area contributed by atoms with Crippen molar-refractivity contribution >= 4 is 15.7 Å². The van der Waals surface area contributed by atoms with Crippen LogP contribution in [0.1, 0.15) is 55.6 Å². The zero-order chi connectivity index (χ0) is 24.3. The Labute approximate surface area is 210 Å². The van der Waals surface area contributed by atoms with Crippen molar-refractivity contribution < 1.29 is 8.42 Å². The Morgan fingerprint density at radius 1 is 0.743 bits per heavy atom. The summed E-state index contributed by atoms with van der Waals surface area (Å²) in [5.41, 5.74) is 3.00. The fraction of sp³-hybridized carbons (Fsp3) is 0.400. The van der Waals surface area contributed by atoms with Gasteiger partial charge >= 0.3 is 0 Å². The van der Waals surface area contributed by atoms with Gasteiger partial charge in [-0.2, -0.15) is 0 Å². The highest BCUT2D eigenvalue weighted by Crippen LogP contribution is 2.38. The molecule has 2 unspecified atom stereocenters. The van der Waals surface area contributed by atoms with Crippen LogP contribution in [-0.2, 0) is 10.0 Å². The quantitative estimate of drug-likeness (QED) is 0.404. The fourth-order valence-corrected chi connectivity index (χ4v) is 8.10. The molecule has 4 nitrogen and oxygen atoms in total. The maximum atomic E-state index is 14.0. The summed E-state index contributed by atoms with van der Waals surface area (Å²) in [7, 11) is -3.67. The molecular formula is C30H36N2O2S. The molecule has 5 rings (SSSR count). The predicted octanol–water partition coefficient (Wildman–Crippen LogP) is 6.38. The van der Waals surface area contributed by atoms with Crippen LogP contribution in [0.4, 0.5) is 5.69 Å². The summed E-state index contributed by atoms with van der Waals surface area (Å²) in [4.78, 5) is 3.05. The van der Waals surface area contributed by atoms with Crippen molar-refractivity contribution in [3.63, 3.8) is 0 Å². The fourth-order valence-electron chi connectivity index (χ4n) is 6.16. The minimum absolute atomic E-state index is 0.0444. The second-order valence-electron chi connectivity index (χ2n) is 10.0. The van der Waals surface area contributed by atoms with Crippen LogP contribution in [0.25, 0.3) is 0 Å². The molecule has 184 valence electrons. The lowest BCUT2D eigenvalue weighted by molar-refractivity contribution is 0.107. The molecule has 1 aliphatic heterocycles. The molecule has 2 aliphatic rings. The molecule has 2 fully saturated rings. The molecule has 0 amide bonds. The molecule has 1 saturated heterocycles. The molecule has 0 N–H and O–H groups in total. The van der Waals surface area contributed by atoms with E-state index in [9.17, 15) is 8.42 Å². The smallest absolute Gasteiger partial charge is 0.264 e. The number of piperidine rings is 1. The van der Waals surface area contributed by atoms with E-state index in [1.165, 1.54) is 31.2 Å². The lowest BCUT2D eigenvalue weighted by atomic mass is 9.78. The summed E-state index contributed by atoms with van der Waals surface area (Å²) < 4.78 is 29.7. The van der Waals surface area contributed by atoms with Crippen LogP contribution in [-0.4, -0.2) is 38.5 Å². The number of aryl methyl sites for hydroxylation is 1. The van der Waals surface area contributed by atoms with Gasteiger partial charge in [-0.1, -0.05) is 79.6 Å². The highest BCUT2D eigenvalue weighted by atomic mass is 32.2. The van der Waals surface area contributed by atoms with E-state index in [4.69, 9.17) is 0 Å². The van der Waals surface area contributed by atoms with Gasteiger partial charge in [0, 0.05) is 25.2 Å². The van der Waals surface area contributed by atoms with Crippen molar-refractivity contribution in [3.8, 4) is 0 Å². The van der Waals surface area contributed by atoms with Crippen LogP contribution < -0.4 is 4.31 Å². The monoisotopic (exact) mass is 488 g/mol. The highest BCUT2D eigenvalue weighted by molar-refractivity contribution is 7.93. The van der Waals surface area contributed by atoms with Gasteiger partial charge in [0.15, 0.2) is 0 Å². The molecule has 5 heteroatoms. The first-order chi connectivity index (χ1) is 17.1. The first-order valence-electron chi connectivity index (χ1n) is 13.0. The Hall–Kier alpha value is -2.63. The van der Waals surface area contributed by atoms with Gasteiger partial charge in [-0.15, -0.1) is 0 Å². The van der Waals surface area contributed by atoms with E-state index in [1.807, 2.05) is 55.5 Å². The maximum absolute atomic E-state index is 14.0. The first-order valence-corrected chi connectivity index (χ1v) is 14.4. The van der Waals surface area contributed by atoms with Crippen LogP contribution in [0.15, 0.2) is 89.8 Å². The van der Waals surface area contributed by atoms with E-state index in [-0.39, 0.29) is 6.04 Å². The van der Waals surface area contributed by atoms with E-state index < -0.39 is 10.0 Å². The molecule has 1 saturated carbocycles. The Balaban J connectivity index is 1.39. The largest absolute Gasteiger partial charge is 0.300 e. The van der Waals surface area contributed by atoms with Gasteiger partial charge in [-0.3, -0.25) is 9.21 Å². The number of hydrogen-bond acceptors (Lipinski definition) is 3. The highest BCUT2D eigenvalue weighted by Gasteiger charge is 2.38. The summed E-state index contributed by atoms with van der Waals surface area (Å²) in [6.07, 6.45) is 6.74. The molecule has 2 atom stereocenters. The minimum atomic E-state index is -3.67. The second-order valence-corrected chi connectivity index (χ2v) is 11.8. The normalized spacial score (nSPS) is 22.1. The van der Waals surface area contributed by atoms with Crippen molar-refractivity contribution in [1.82, 2.24) is 4.90 Å². The van der Waals surface area contributed by atoms with Gasteiger partial charge in [0.05, 0.1) is 10.6 Å². The molecule has 1 heterocycles. The third kappa shape index (κ3) is 5.03. The molecule has 0 bridgehead atoms. The standard InChI is InChI=1S/C30H36N2O2S/c1-24-12-8-11-19-30(24)35(33,34)32(26-15-6-3-7-16-26)27-20-22-31(23-21-27)29-18-10-9-17-28(29)25-13-4-2-5-14-25/h2-8,11-16,19,27-29H,9-10,17-18,20-23H2,1H3. The van der Waals surface area contributed by atoms with Gasteiger partial charge < -0.3 is 0 Å². The van der Waals surface area contributed by atoms with Crippen LogP contribution in [0.2, 0.25) is 0 Å². The first kappa shape index (κ1) is 24.1. The van der Waals surface area contributed by atoms with Crippen molar-refractivity contribution in [2.24, 2.45) is 0 Å². The van der Waals surface area contributed by atoms with Crippen LogP contribution in [0.3, 0.4) is 0 Å². The summed E-state index contributed by atoms with van der Waals surface area (Å²) in [5, 5.41) is 0. The number of benzene rings is 3. The molecule has 0 radical (unpaired) electrons. The van der Waals surface area contributed by atoms with Gasteiger partial charge in [0.2, 0.25) is 0 Å². The number of nitrogens with zero attached hydrogens (tertiary/aromatic N) is 2. The van der Waals surface area contributed by atoms with E-state index in [0.717, 1.165) is 37.2 Å². The van der Waals surface area contributed by atoms with Gasteiger partial charge in [-0.05, 0) is 67.9 Å². The number of sulfonamides is 1. The number of rotatable bonds is 6. The van der Waals surface area contributed by atoms with E-state index in [2.05, 4.69) is 35.2 Å². The van der Waals surface area contributed by atoms with Gasteiger partial charge in [0.25, 0.3) is 10.0 Å². The van der Waals surface area contributed by atoms with E-state index in [1.54, 1.807) is 10.4 Å². The van der Waals surface area contributed by atoms with Crippen LogP contribution in [0.5, 0.6) is 0 Å². The zero-order valence-electron chi connectivity index (χ0n) is 20.6. The van der Waals surface area contributed by atoms with Crippen molar-refractivity contribution in [3.05, 3.63) is 96.1 Å². The number of likely N-dealkylation sites (tertiary alicyclic amines) is 1. The molecule has 1 aliphatic carbocycles. The molecule has 0 spiro atoms. The summed E-state index contributed by atoms with van der Waals surface area (Å²) in [5.74, 6) is 0.572. The lowest BCUT2D eigenvalue weighted by Crippen LogP contribution is -2.51. The number of para-hydroxylation sites is 1. The molecular weight excluding hydrogens is 452 g/mol. The maximum Gasteiger partial charge on any atom is 0.264 e. The zero-order valence-corrected chi connectivity index (χ0v) is 21.4. The topological polar surface area (TPSA) is 40.6 Å². The van der Waals surface area contributed by atoms with Crippen LogP contribution in [0, 0.1) is 6.92 Å². The van der Waals surface area contributed by atoms with Crippen molar-refractivity contribution in [2.45, 2.75) is 68.3 Å². The molecule has 3 aromatic rings. The Bertz CT molecular complexity index is 1210. The minimum Gasteiger partial charge on any atom is -0.300 e.